The van der Waals surface area contributed by atoms with E-state index < -0.39 is 0 Å². The lowest BCUT2D eigenvalue weighted by Crippen LogP contribution is -2.30. The molecule has 14 heavy (non-hydrogen) atoms. The molecule has 0 aliphatic heterocycles. The Balaban J connectivity index is 2.60. The number of hydrogen-bond donors (Lipinski definition) is 1. The van der Waals surface area contributed by atoms with Crippen LogP contribution in [0.1, 0.15) is 37.0 Å². The number of aryl methyl sites for hydroxylation is 1. The van der Waals surface area contributed by atoms with Gasteiger partial charge in [-0.1, -0.05) is 11.6 Å². The molecule has 76 valence electrons. The van der Waals surface area contributed by atoms with Crippen molar-refractivity contribution in [2.45, 2.75) is 38.6 Å². The van der Waals surface area contributed by atoms with E-state index in [4.69, 9.17) is 17.3 Å². The topological polar surface area (TPSA) is 26.0 Å². The van der Waals surface area contributed by atoms with Crippen molar-refractivity contribution in [1.29, 1.82) is 0 Å². The van der Waals surface area contributed by atoms with Crippen molar-refractivity contribution in [3.8, 4) is 0 Å². The Morgan fingerprint density at radius 3 is 2.64 bits per heavy atom. The molecular weight excluding hydrogens is 194 g/mol. The summed E-state index contributed by atoms with van der Waals surface area (Å²) < 4.78 is 0. The Bertz CT molecular complexity index is 363. The standard InChI is InChI=1S/C12H16ClN/c1-12(2,14)11-7-9(13)6-8-4-3-5-10(8)11/h6-7H,3-5,14H2,1-2H3. The molecule has 0 spiro atoms. The zero-order valence-corrected chi connectivity index (χ0v) is 9.49. The minimum atomic E-state index is -0.278. The van der Waals surface area contributed by atoms with Crippen LogP contribution in [0.3, 0.4) is 0 Å². The van der Waals surface area contributed by atoms with Gasteiger partial charge in [0.05, 0.1) is 0 Å². The van der Waals surface area contributed by atoms with Gasteiger partial charge in [-0.05, 0) is 61.9 Å². The Morgan fingerprint density at radius 1 is 1.29 bits per heavy atom. The van der Waals surface area contributed by atoms with Crippen LogP contribution in [-0.2, 0) is 18.4 Å². The summed E-state index contributed by atoms with van der Waals surface area (Å²) in [6.07, 6.45) is 3.54. The molecule has 0 saturated heterocycles. The third-order valence-electron chi connectivity index (χ3n) is 2.87. The number of fused-ring (bicyclic) bond motifs is 1. The fourth-order valence-electron chi connectivity index (χ4n) is 2.24. The first-order valence-corrected chi connectivity index (χ1v) is 5.47. The maximum atomic E-state index is 6.14. The number of halogens is 1. The molecule has 0 bridgehead atoms. The van der Waals surface area contributed by atoms with Crippen molar-refractivity contribution >= 4 is 11.6 Å². The van der Waals surface area contributed by atoms with Crippen molar-refractivity contribution in [1.82, 2.24) is 0 Å². The molecular formula is C12H16ClN. The van der Waals surface area contributed by atoms with E-state index in [1.54, 1.807) is 0 Å². The van der Waals surface area contributed by atoms with Gasteiger partial charge >= 0.3 is 0 Å². The molecule has 1 aliphatic carbocycles. The van der Waals surface area contributed by atoms with E-state index >= 15 is 0 Å². The lowest BCUT2D eigenvalue weighted by Gasteiger charge is -2.23. The lowest BCUT2D eigenvalue weighted by molar-refractivity contribution is 0.549. The second kappa shape index (κ2) is 3.25. The fourth-order valence-corrected chi connectivity index (χ4v) is 2.48. The first-order valence-electron chi connectivity index (χ1n) is 5.09. The van der Waals surface area contributed by atoms with E-state index in [2.05, 4.69) is 6.07 Å². The van der Waals surface area contributed by atoms with Gasteiger partial charge in [0.25, 0.3) is 0 Å². The normalized spacial score (nSPS) is 15.7. The van der Waals surface area contributed by atoms with Gasteiger partial charge in [0, 0.05) is 10.6 Å². The van der Waals surface area contributed by atoms with Crippen LogP contribution < -0.4 is 5.73 Å². The van der Waals surface area contributed by atoms with Gasteiger partial charge in [0.2, 0.25) is 0 Å². The maximum absolute atomic E-state index is 6.14. The van der Waals surface area contributed by atoms with Crippen LogP contribution in [-0.4, -0.2) is 0 Å². The van der Waals surface area contributed by atoms with E-state index in [0.717, 1.165) is 17.9 Å². The molecule has 0 saturated carbocycles. The first kappa shape index (κ1) is 10.0. The van der Waals surface area contributed by atoms with Crippen molar-refractivity contribution in [2.75, 3.05) is 0 Å². The third kappa shape index (κ3) is 1.67. The Kier molecular flexibility index (Phi) is 2.32. The smallest absolute Gasteiger partial charge is 0.0412 e. The van der Waals surface area contributed by atoms with Gasteiger partial charge in [0.15, 0.2) is 0 Å². The number of nitrogens with two attached hydrogens (primary N) is 1. The molecule has 2 N–H and O–H groups in total. The van der Waals surface area contributed by atoms with Crippen LogP contribution in [0.5, 0.6) is 0 Å². The highest BCUT2D eigenvalue weighted by atomic mass is 35.5. The largest absolute Gasteiger partial charge is 0.322 e. The maximum Gasteiger partial charge on any atom is 0.0412 e. The second-order valence-electron chi connectivity index (χ2n) is 4.67. The molecule has 0 amide bonds. The number of rotatable bonds is 1. The summed E-state index contributed by atoms with van der Waals surface area (Å²) in [5, 5.41) is 0.819. The summed E-state index contributed by atoms with van der Waals surface area (Å²) in [4.78, 5) is 0. The molecule has 0 radical (unpaired) electrons. The molecule has 1 aromatic rings. The molecule has 0 atom stereocenters. The quantitative estimate of drug-likeness (QED) is 0.756. The molecule has 1 aromatic carbocycles. The van der Waals surface area contributed by atoms with Gasteiger partial charge in [-0.15, -0.1) is 0 Å². The highest BCUT2D eigenvalue weighted by Crippen LogP contribution is 2.33. The average molecular weight is 210 g/mol. The number of benzene rings is 1. The van der Waals surface area contributed by atoms with E-state index in [-0.39, 0.29) is 5.54 Å². The molecule has 1 nitrogen and oxygen atoms in total. The molecule has 0 aromatic heterocycles. The van der Waals surface area contributed by atoms with Crippen LogP contribution >= 0.6 is 11.6 Å². The SMILES string of the molecule is CC(C)(N)c1cc(Cl)cc2c1CCC2. The molecule has 0 heterocycles. The Hall–Kier alpha value is -0.530. The second-order valence-corrected chi connectivity index (χ2v) is 5.10. The van der Waals surface area contributed by atoms with E-state index in [0.29, 0.717) is 0 Å². The van der Waals surface area contributed by atoms with Crippen molar-refractivity contribution < 1.29 is 0 Å². The highest BCUT2D eigenvalue weighted by Gasteiger charge is 2.23. The Morgan fingerprint density at radius 2 is 2.00 bits per heavy atom. The average Bonchev–Trinajstić information content (AvgIpc) is 2.47. The van der Waals surface area contributed by atoms with E-state index in [1.165, 1.54) is 23.1 Å². The summed E-state index contributed by atoms with van der Waals surface area (Å²) in [7, 11) is 0. The lowest BCUT2D eigenvalue weighted by atomic mass is 9.89. The monoisotopic (exact) mass is 209 g/mol. The van der Waals surface area contributed by atoms with Gasteiger partial charge in [0.1, 0.15) is 0 Å². The molecule has 0 fully saturated rings. The minimum Gasteiger partial charge on any atom is -0.322 e. The summed E-state index contributed by atoms with van der Waals surface area (Å²) >= 11 is 6.08. The van der Waals surface area contributed by atoms with Crippen LogP contribution in [0.2, 0.25) is 5.02 Å². The van der Waals surface area contributed by atoms with Gasteiger partial charge in [-0.25, -0.2) is 0 Å². The zero-order valence-electron chi connectivity index (χ0n) is 8.73. The summed E-state index contributed by atoms with van der Waals surface area (Å²) in [5.74, 6) is 0. The third-order valence-corrected chi connectivity index (χ3v) is 3.09. The molecule has 1 aliphatic rings. The van der Waals surface area contributed by atoms with Gasteiger partial charge < -0.3 is 5.73 Å². The fraction of sp³-hybridized carbons (Fsp3) is 0.500. The van der Waals surface area contributed by atoms with Crippen molar-refractivity contribution in [2.24, 2.45) is 5.73 Å². The highest BCUT2D eigenvalue weighted by molar-refractivity contribution is 6.30. The summed E-state index contributed by atoms with van der Waals surface area (Å²) in [5.41, 5.74) is 9.91. The predicted octanol–water partition coefficient (Wildman–Crippen LogP) is 3.02. The van der Waals surface area contributed by atoms with Crippen LogP contribution in [0.4, 0.5) is 0 Å². The summed E-state index contributed by atoms with van der Waals surface area (Å²) in [6, 6.07) is 4.10. The van der Waals surface area contributed by atoms with Crippen LogP contribution in [0.15, 0.2) is 12.1 Å². The molecule has 2 rings (SSSR count). The zero-order chi connectivity index (χ0) is 10.3. The first-order chi connectivity index (χ1) is 6.48. The van der Waals surface area contributed by atoms with Crippen LogP contribution in [0.25, 0.3) is 0 Å². The number of hydrogen-bond acceptors (Lipinski definition) is 1. The van der Waals surface area contributed by atoms with Crippen molar-refractivity contribution in [3.63, 3.8) is 0 Å². The van der Waals surface area contributed by atoms with E-state index in [1.807, 2.05) is 19.9 Å². The van der Waals surface area contributed by atoms with Crippen LogP contribution in [0, 0.1) is 0 Å². The van der Waals surface area contributed by atoms with E-state index in [9.17, 15) is 0 Å². The molecule has 0 unspecified atom stereocenters. The predicted molar refractivity (Wildman–Crippen MR) is 60.7 cm³/mol. The summed E-state index contributed by atoms with van der Waals surface area (Å²) in [6.45, 7) is 4.08. The molecule has 2 heteroatoms. The Labute approximate surface area is 90.3 Å². The van der Waals surface area contributed by atoms with Crippen molar-refractivity contribution in [3.05, 3.63) is 33.8 Å². The minimum absolute atomic E-state index is 0.278. The van der Waals surface area contributed by atoms with Gasteiger partial charge in [-0.2, -0.15) is 0 Å². The van der Waals surface area contributed by atoms with Gasteiger partial charge in [-0.3, -0.25) is 0 Å².